The molecule has 0 aliphatic heterocycles. The fourth-order valence-corrected chi connectivity index (χ4v) is 3.19. The third-order valence-electron chi connectivity index (χ3n) is 3.70. The molecule has 19 heavy (non-hydrogen) atoms. The van der Waals surface area contributed by atoms with E-state index in [0.717, 1.165) is 27.0 Å². The molecule has 0 radical (unpaired) electrons. The first-order chi connectivity index (χ1) is 9.25. The highest BCUT2D eigenvalue weighted by Gasteiger charge is 2.18. The minimum absolute atomic E-state index is 0.784. The molecule has 2 nitrogen and oxygen atoms in total. The van der Waals surface area contributed by atoms with Gasteiger partial charge in [0.05, 0.1) is 16.3 Å². The number of halogens is 1. The Balaban J connectivity index is 2.35. The number of aromatic amines is 1. The fourth-order valence-electron chi connectivity index (χ4n) is 2.88. The largest absolute Gasteiger partial charge is 0.349 e. The summed E-state index contributed by atoms with van der Waals surface area (Å²) >= 11 is 6.35. The molecule has 0 unspecified atom stereocenters. The highest BCUT2D eigenvalue weighted by atomic mass is 35.5. The fraction of sp³-hybridized carbons (Fsp3) is 0.0625. The van der Waals surface area contributed by atoms with Gasteiger partial charge in [-0.2, -0.15) is 4.57 Å². The van der Waals surface area contributed by atoms with Crippen molar-refractivity contribution < 1.29 is 4.57 Å². The van der Waals surface area contributed by atoms with Gasteiger partial charge in [0.2, 0.25) is 11.0 Å². The van der Waals surface area contributed by atoms with Crippen LogP contribution in [0.3, 0.4) is 0 Å². The van der Waals surface area contributed by atoms with E-state index in [-0.39, 0.29) is 0 Å². The van der Waals surface area contributed by atoms with Crippen LogP contribution in [0, 0.1) is 0 Å². The maximum Gasteiger partial charge on any atom is 0.238 e. The van der Waals surface area contributed by atoms with Crippen molar-refractivity contribution >= 4 is 44.4 Å². The van der Waals surface area contributed by atoms with Gasteiger partial charge in [0, 0.05) is 0 Å². The van der Waals surface area contributed by atoms with Crippen molar-refractivity contribution in [3.8, 4) is 0 Å². The monoisotopic (exact) mass is 267 g/mol. The SMILES string of the molecule is C[n+]1c2c(Cl)cccc2cc2[nH]c3ccccc3c21. The van der Waals surface area contributed by atoms with Gasteiger partial charge in [-0.3, -0.25) is 0 Å². The zero-order valence-corrected chi connectivity index (χ0v) is 11.2. The van der Waals surface area contributed by atoms with E-state index in [4.69, 9.17) is 11.6 Å². The molecule has 0 spiro atoms. The van der Waals surface area contributed by atoms with Crippen LogP contribution in [0.2, 0.25) is 5.02 Å². The van der Waals surface area contributed by atoms with Gasteiger partial charge in [0.25, 0.3) is 0 Å². The molecule has 2 aromatic carbocycles. The van der Waals surface area contributed by atoms with Crippen LogP contribution < -0.4 is 4.57 Å². The Morgan fingerprint density at radius 1 is 0.947 bits per heavy atom. The second-order valence-corrected chi connectivity index (χ2v) is 5.22. The summed E-state index contributed by atoms with van der Waals surface area (Å²) in [6, 6.07) is 16.5. The summed E-state index contributed by atoms with van der Waals surface area (Å²) in [6.45, 7) is 0. The van der Waals surface area contributed by atoms with E-state index in [9.17, 15) is 0 Å². The third-order valence-corrected chi connectivity index (χ3v) is 4.00. The summed E-state index contributed by atoms with van der Waals surface area (Å²) < 4.78 is 2.17. The van der Waals surface area contributed by atoms with Crippen LogP contribution in [-0.2, 0) is 7.05 Å². The lowest BCUT2D eigenvalue weighted by Crippen LogP contribution is -2.30. The molecule has 1 N–H and O–H groups in total. The van der Waals surface area contributed by atoms with E-state index < -0.39 is 0 Å². The first kappa shape index (κ1) is 10.8. The normalized spacial score (nSPS) is 11.7. The van der Waals surface area contributed by atoms with Gasteiger partial charge in [-0.1, -0.05) is 29.8 Å². The molecule has 2 heterocycles. The number of H-pyrrole nitrogens is 1. The Labute approximate surface area is 115 Å². The topological polar surface area (TPSA) is 19.7 Å². The number of para-hydroxylation sites is 2. The van der Waals surface area contributed by atoms with Gasteiger partial charge >= 0.3 is 0 Å². The highest BCUT2D eigenvalue weighted by molar-refractivity contribution is 6.34. The van der Waals surface area contributed by atoms with Crippen LogP contribution in [0.25, 0.3) is 32.8 Å². The van der Waals surface area contributed by atoms with E-state index in [2.05, 4.69) is 46.9 Å². The van der Waals surface area contributed by atoms with E-state index in [1.54, 1.807) is 0 Å². The molecule has 4 aromatic rings. The molecular weight excluding hydrogens is 256 g/mol. The molecule has 3 heteroatoms. The molecule has 4 rings (SSSR count). The number of fused-ring (bicyclic) bond motifs is 4. The lowest BCUT2D eigenvalue weighted by molar-refractivity contribution is -0.616. The molecule has 0 amide bonds. The van der Waals surface area contributed by atoms with Crippen LogP contribution >= 0.6 is 11.6 Å². The van der Waals surface area contributed by atoms with Crippen molar-refractivity contribution in [3.63, 3.8) is 0 Å². The number of hydrogen-bond donors (Lipinski definition) is 1. The van der Waals surface area contributed by atoms with E-state index >= 15 is 0 Å². The van der Waals surface area contributed by atoms with Crippen molar-refractivity contribution in [2.24, 2.45) is 7.05 Å². The minimum Gasteiger partial charge on any atom is -0.349 e. The van der Waals surface area contributed by atoms with Crippen LogP contribution in [0.1, 0.15) is 0 Å². The lowest BCUT2D eigenvalue weighted by atomic mass is 10.1. The van der Waals surface area contributed by atoms with Crippen LogP contribution in [0.15, 0.2) is 48.5 Å². The number of hydrogen-bond acceptors (Lipinski definition) is 0. The summed E-state index contributed by atoms with van der Waals surface area (Å²) in [4.78, 5) is 3.47. The molecular formula is C16H12ClN2+. The van der Waals surface area contributed by atoms with Crippen LogP contribution in [-0.4, -0.2) is 4.98 Å². The maximum absolute atomic E-state index is 6.35. The number of aryl methyl sites for hydroxylation is 1. The standard InChI is InChI=1S/C16H11ClN2/c1-19-15-10(5-4-7-12(15)17)9-14-16(19)11-6-2-3-8-13(11)18-14/h2-9H,1H3/p+1. The average molecular weight is 268 g/mol. The van der Waals surface area contributed by atoms with Crippen LogP contribution in [0.5, 0.6) is 0 Å². The van der Waals surface area contributed by atoms with Crippen molar-refractivity contribution in [1.29, 1.82) is 0 Å². The molecule has 0 saturated carbocycles. The van der Waals surface area contributed by atoms with Crippen molar-refractivity contribution in [1.82, 2.24) is 4.98 Å². The average Bonchev–Trinajstić information content (AvgIpc) is 2.77. The molecule has 0 saturated heterocycles. The number of rotatable bonds is 0. The number of aromatic nitrogens is 2. The first-order valence-electron chi connectivity index (χ1n) is 6.23. The van der Waals surface area contributed by atoms with Gasteiger partial charge in [-0.25, -0.2) is 0 Å². The van der Waals surface area contributed by atoms with Gasteiger partial charge in [-0.05, 0) is 30.3 Å². The maximum atomic E-state index is 6.35. The molecule has 0 aliphatic carbocycles. The van der Waals surface area contributed by atoms with Crippen molar-refractivity contribution in [2.45, 2.75) is 0 Å². The first-order valence-corrected chi connectivity index (χ1v) is 6.61. The summed E-state index contributed by atoms with van der Waals surface area (Å²) in [5.74, 6) is 0. The molecule has 92 valence electrons. The van der Waals surface area contributed by atoms with E-state index in [1.165, 1.54) is 10.9 Å². The van der Waals surface area contributed by atoms with Gasteiger partial charge < -0.3 is 4.98 Å². The number of nitrogens with zero attached hydrogens (tertiary/aromatic N) is 1. The lowest BCUT2D eigenvalue weighted by Gasteiger charge is -2.00. The van der Waals surface area contributed by atoms with Gasteiger partial charge in [0.1, 0.15) is 17.6 Å². The van der Waals surface area contributed by atoms with E-state index in [0.29, 0.717) is 0 Å². The predicted molar refractivity (Wildman–Crippen MR) is 79.5 cm³/mol. The summed E-state index contributed by atoms with van der Waals surface area (Å²) in [7, 11) is 2.07. The zero-order valence-electron chi connectivity index (χ0n) is 10.4. The Bertz CT molecular complexity index is 938. The minimum atomic E-state index is 0.784. The Morgan fingerprint density at radius 2 is 1.79 bits per heavy atom. The number of pyridine rings is 1. The number of benzene rings is 2. The molecule has 0 fully saturated rings. The summed E-state index contributed by atoms with van der Waals surface area (Å²) in [5.41, 5.74) is 4.55. The highest BCUT2D eigenvalue weighted by Crippen LogP contribution is 2.27. The van der Waals surface area contributed by atoms with Gasteiger partial charge in [-0.15, -0.1) is 0 Å². The summed E-state index contributed by atoms with van der Waals surface area (Å²) in [6.07, 6.45) is 0. The van der Waals surface area contributed by atoms with Crippen molar-refractivity contribution in [3.05, 3.63) is 53.6 Å². The predicted octanol–water partition coefficient (Wildman–Crippen LogP) is 3.95. The molecule has 0 atom stereocenters. The smallest absolute Gasteiger partial charge is 0.238 e. The van der Waals surface area contributed by atoms with Gasteiger partial charge in [0.15, 0.2) is 0 Å². The molecule has 0 aliphatic rings. The summed E-state index contributed by atoms with van der Waals surface area (Å²) in [5, 5.41) is 3.16. The Morgan fingerprint density at radius 3 is 2.68 bits per heavy atom. The third kappa shape index (κ3) is 1.41. The molecule has 2 aromatic heterocycles. The second kappa shape index (κ2) is 3.72. The van der Waals surface area contributed by atoms with E-state index in [1.807, 2.05) is 18.2 Å². The number of nitrogens with one attached hydrogen (secondary N) is 1. The van der Waals surface area contributed by atoms with Crippen molar-refractivity contribution in [2.75, 3.05) is 0 Å². The quantitative estimate of drug-likeness (QED) is 0.466. The Hall–Kier alpha value is -2.06. The van der Waals surface area contributed by atoms with Crippen LogP contribution in [0.4, 0.5) is 0 Å². The molecule has 0 bridgehead atoms. The Kier molecular flexibility index (Phi) is 2.12. The second-order valence-electron chi connectivity index (χ2n) is 4.81. The zero-order chi connectivity index (χ0) is 13.0.